The highest BCUT2D eigenvalue weighted by atomic mass is 32.1. The largest absolute Gasteiger partial charge is 0.389 e. The molecule has 1 aliphatic carbocycles. The van der Waals surface area contributed by atoms with Gasteiger partial charge in [0.05, 0.1) is 0 Å². The molecule has 19 heavy (non-hydrogen) atoms. The van der Waals surface area contributed by atoms with Crippen molar-refractivity contribution in [2.45, 2.75) is 38.6 Å². The van der Waals surface area contributed by atoms with Crippen molar-refractivity contribution in [2.24, 2.45) is 11.7 Å². The van der Waals surface area contributed by atoms with Crippen LogP contribution < -0.4 is 11.1 Å². The zero-order valence-electron chi connectivity index (χ0n) is 11.2. The molecule has 0 aliphatic heterocycles. The molecule has 0 spiro atoms. The smallest absolute Gasteiger partial charge is 0.251 e. The second-order valence-corrected chi connectivity index (χ2v) is 5.72. The predicted molar refractivity (Wildman–Crippen MR) is 81.2 cm³/mol. The maximum absolute atomic E-state index is 12.2. The summed E-state index contributed by atoms with van der Waals surface area (Å²) in [4.78, 5) is 12.5. The summed E-state index contributed by atoms with van der Waals surface area (Å²) < 4.78 is 0. The summed E-state index contributed by atoms with van der Waals surface area (Å²) in [5, 5.41) is 3.13. The number of carbonyl (C=O) groups excluding carboxylic acids is 1. The zero-order chi connectivity index (χ0) is 13.8. The van der Waals surface area contributed by atoms with Crippen LogP contribution in [0.2, 0.25) is 0 Å². The van der Waals surface area contributed by atoms with Crippen molar-refractivity contribution in [3.63, 3.8) is 0 Å². The summed E-state index contributed by atoms with van der Waals surface area (Å²) in [6.07, 6.45) is 4.76. The number of amides is 1. The number of rotatable bonds is 3. The third-order valence-electron chi connectivity index (χ3n) is 3.86. The van der Waals surface area contributed by atoms with Crippen molar-refractivity contribution in [1.82, 2.24) is 5.32 Å². The first-order chi connectivity index (χ1) is 9.08. The molecule has 0 heterocycles. The molecule has 0 aromatic heterocycles. The van der Waals surface area contributed by atoms with E-state index in [1.54, 1.807) is 24.3 Å². The van der Waals surface area contributed by atoms with Gasteiger partial charge >= 0.3 is 0 Å². The van der Waals surface area contributed by atoms with Gasteiger partial charge in [0.2, 0.25) is 0 Å². The van der Waals surface area contributed by atoms with E-state index in [1.807, 2.05) is 0 Å². The van der Waals surface area contributed by atoms with Crippen molar-refractivity contribution in [1.29, 1.82) is 0 Å². The molecule has 1 aliphatic rings. The molecule has 0 unspecified atom stereocenters. The van der Waals surface area contributed by atoms with Gasteiger partial charge in [-0.05, 0) is 30.9 Å². The van der Waals surface area contributed by atoms with Crippen LogP contribution in [0, 0.1) is 5.92 Å². The lowest BCUT2D eigenvalue weighted by atomic mass is 9.86. The number of hydrogen-bond acceptors (Lipinski definition) is 2. The van der Waals surface area contributed by atoms with Gasteiger partial charge < -0.3 is 11.1 Å². The van der Waals surface area contributed by atoms with E-state index in [2.05, 4.69) is 12.2 Å². The number of thiocarbonyl (C=S) groups is 1. The summed E-state index contributed by atoms with van der Waals surface area (Å²) in [6.45, 7) is 2.21. The molecule has 2 rings (SSSR count). The Kier molecular flexibility index (Phi) is 4.53. The SMILES string of the molecule is C[C@@H]1CCCC[C@@H]1NC(=O)c1ccc(C(N)=S)cc1. The van der Waals surface area contributed by atoms with Gasteiger partial charge in [-0.1, -0.05) is 44.1 Å². The maximum atomic E-state index is 12.2. The van der Waals surface area contributed by atoms with Crippen LogP contribution in [0.25, 0.3) is 0 Å². The molecule has 1 aromatic carbocycles. The van der Waals surface area contributed by atoms with Gasteiger partial charge in [0.25, 0.3) is 5.91 Å². The van der Waals surface area contributed by atoms with E-state index in [0.717, 1.165) is 12.0 Å². The molecular weight excluding hydrogens is 256 g/mol. The molecule has 102 valence electrons. The second-order valence-electron chi connectivity index (χ2n) is 5.28. The Morgan fingerprint density at radius 2 is 1.79 bits per heavy atom. The van der Waals surface area contributed by atoms with Gasteiger partial charge in [-0.3, -0.25) is 4.79 Å². The van der Waals surface area contributed by atoms with Gasteiger partial charge in [0, 0.05) is 17.2 Å². The van der Waals surface area contributed by atoms with E-state index in [9.17, 15) is 4.79 Å². The average molecular weight is 276 g/mol. The van der Waals surface area contributed by atoms with Gasteiger partial charge in [0.15, 0.2) is 0 Å². The van der Waals surface area contributed by atoms with Gasteiger partial charge in [-0.25, -0.2) is 0 Å². The quantitative estimate of drug-likeness (QED) is 0.834. The second kappa shape index (κ2) is 6.15. The lowest BCUT2D eigenvalue weighted by Gasteiger charge is -2.29. The van der Waals surface area contributed by atoms with Crippen molar-refractivity contribution < 1.29 is 4.79 Å². The van der Waals surface area contributed by atoms with Crippen LogP contribution in [0.4, 0.5) is 0 Å². The van der Waals surface area contributed by atoms with E-state index in [-0.39, 0.29) is 5.91 Å². The Labute approximate surface area is 119 Å². The van der Waals surface area contributed by atoms with Crippen LogP contribution in [0.5, 0.6) is 0 Å². The fraction of sp³-hybridized carbons (Fsp3) is 0.467. The minimum atomic E-state index is -0.00626. The van der Waals surface area contributed by atoms with E-state index in [0.29, 0.717) is 22.5 Å². The molecule has 0 radical (unpaired) electrons. The van der Waals surface area contributed by atoms with Crippen LogP contribution in [0.3, 0.4) is 0 Å². The molecule has 1 aromatic rings. The maximum Gasteiger partial charge on any atom is 0.251 e. The molecular formula is C15H20N2OS. The van der Waals surface area contributed by atoms with Crippen molar-refractivity contribution in [3.8, 4) is 0 Å². The van der Waals surface area contributed by atoms with Gasteiger partial charge in [-0.15, -0.1) is 0 Å². The molecule has 1 amide bonds. The van der Waals surface area contributed by atoms with E-state index in [1.165, 1.54) is 19.3 Å². The molecule has 0 bridgehead atoms. The molecule has 1 fully saturated rings. The Morgan fingerprint density at radius 1 is 1.21 bits per heavy atom. The van der Waals surface area contributed by atoms with E-state index < -0.39 is 0 Å². The number of hydrogen-bond donors (Lipinski definition) is 2. The molecule has 3 N–H and O–H groups in total. The fourth-order valence-electron chi connectivity index (χ4n) is 2.57. The Bertz CT molecular complexity index is 470. The number of benzene rings is 1. The Morgan fingerprint density at radius 3 is 2.37 bits per heavy atom. The van der Waals surface area contributed by atoms with Crippen LogP contribution in [0.1, 0.15) is 48.5 Å². The molecule has 0 saturated heterocycles. The summed E-state index contributed by atoms with van der Waals surface area (Å²) in [5.74, 6) is 0.557. The van der Waals surface area contributed by atoms with Crippen LogP contribution in [-0.2, 0) is 0 Å². The number of carbonyl (C=O) groups is 1. The first-order valence-electron chi connectivity index (χ1n) is 6.78. The van der Waals surface area contributed by atoms with E-state index >= 15 is 0 Å². The summed E-state index contributed by atoms with van der Waals surface area (Å²) >= 11 is 4.89. The lowest BCUT2D eigenvalue weighted by molar-refractivity contribution is 0.0910. The summed E-state index contributed by atoms with van der Waals surface area (Å²) in [6, 6.07) is 7.44. The first-order valence-corrected chi connectivity index (χ1v) is 7.19. The molecule has 3 nitrogen and oxygen atoms in total. The van der Waals surface area contributed by atoms with Crippen LogP contribution in [-0.4, -0.2) is 16.9 Å². The normalized spacial score (nSPS) is 22.8. The summed E-state index contributed by atoms with van der Waals surface area (Å²) in [7, 11) is 0. The number of nitrogens with one attached hydrogen (secondary N) is 1. The van der Waals surface area contributed by atoms with E-state index in [4.69, 9.17) is 18.0 Å². The number of nitrogens with two attached hydrogens (primary N) is 1. The molecule has 2 atom stereocenters. The minimum absolute atomic E-state index is 0.00626. The topological polar surface area (TPSA) is 55.1 Å². The Balaban J connectivity index is 2.01. The lowest BCUT2D eigenvalue weighted by Crippen LogP contribution is -2.41. The van der Waals surface area contributed by atoms with Crippen molar-refractivity contribution in [2.75, 3.05) is 0 Å². The van der Waals surface area contributed by atoms with Gasteiger partial charge in [-0.2, -0.15) is 0 Å². The highest BCUT2D eigenvalue weighted by Crippen LogP contribution is 2.24. The molecule has 4 heteroatoms. The highest BCUT2D eigenvalue weighted by molar-refractivity contribution is 7.80. The van der Waals surface area contributed by atoms with Crippen molar-refractivity contribution in [3.05, 3.63) is 35.4 Å². The standard InChI is InChI=1S/C15H20N2OS/c1-10-4-2-3-5-13(10)17-15(18)12-8-6-11(7-9-12)14(16)19/h6-10,13H,2-5H2,1H3,(H2,16,19)(H,17,18)/t10-,13+/m1/s1. The zero-order valence-corrected chi connectivity index (χ0v) is 12.0. The molecule has 1 saturated carbocycles. The fourth-order valence-corrected chi connectivity index (χ4v) is 2.70. The predicted octanol–water partition coefficient (Wildman–Crippen LogP) is 2.63. The van der Waals surface area contributed by atoms with Gasteiger partial charge in [0.1, 0.15) is 4.99 Å². The van der Waals surface area contributed by atoms with Crippen LogP contribution in [0.15, 0.2) is 24.3 Å². The third-order valence-corrected chi connectivity index (χ3v) is 4.10. The van der Waals surface area contributed by atoms with Crippen molar-refractivity contribution >= 4 is 23.1 Å². The average Bonchev–Trinajstić information content (AvgIpc) is 2.41. The summed E-state index contributed by atoms with van der Waals surface area (Å²) in [5.41, 5.74) is 6.99. The Hall–Kier alpha value is -1.42. The highest BCUT2D eigenvalue weighted by Gasteiger charge is 2.23. The minimum Gasteiger partial charge on any atom is -0.389 e. The first kappa shape index (κ1) is 14.0. The van der Waals surface area contributed by atoms with Crippen LogP contribution >= 0.6 is 12.2 Å². The third kappa shape index (κ3) is 3.53. The monoisotopic (exact) mass is 276 g/mol.